The molecule has 1 fully saturated rings. The van der Waals surface area contributed by atoms with Gasteiger partial charge in [-0.25, -0.2) is 4.39 Å². The number of nitrogens with one attached hydrogen (secondary N) is 1. The van der Waals surface area contributed by atoms with Gasteiger partial charge in [0.05, 0.1) is 5.02 Å². The van der Waals surface area contributed by atoms with Crippen LogP contribution in [0.5, 0.6) is 0 Å². The van der Waals surface area contributed by atoms with Crippen molar-refractivity contribution < 1.29 is 4.39 Å². The lowest BCUT2D eigenvalue weighted by atomic mass is 10.0. The van der Waals surface area contributed by atoms with Gasteiger partial charge in [0, 0.05) is 18.8 Å². The summed E-state index contributed by atoms with van der Waals surface area (Å²) in [7, 11) is 0. The zero-order valence-electron chi connectivity index (χ0n) is 10.2. The minimum Gasteiger partial charge on any atom is -0.349 e. The minimum absolute atomic E-state index is 0.106. The zero-order valence-corrected chi connectivity index (χ0v) is 11.8. The first-order valence-electron chi connectivity index (χ1n) is 6.07. The van der Waals surface area contributed by atoms with Crippen molar-refractivity contribution in [3.63, 3.8) is 0 Å². The topological polar surface area (TPSA) is 15.3 Å². The molecule has 1 atom stereocenters. The molecular formula is C13H16ClFN2S. The summed E-state index contributed by atoms with van der Waals surface area (Å²) in [5.41, 5.74) is 0.727. The third kappa shape index (κ3) is 3.33. The number of benzene rings is 1. The van der Waals surface area contributed by atoms with E-state index in [1.807, 2.05) is 0 Å². The quantitative estimate of drug-likeness (QED) is 0.788. The maximum Gasteiger partial charge on any atom is 0.173 e. The summed E-state index contributed by atoms with van der Waals surface area (Å²) in [6.45, 7) is 4.18. The number of thiocarbonyl (C=S) groups is 1. The summed E-state index contributed by atoms with van der Waals surface area (Å²) >= 11 is 11.1. The molecule has 0 bridgehead atoms. The van der Waals surface area contributed by atoms with Crippen LogP contribution >= 0.6 is 23.8 Å². The van der Waals surface area contributed by atoms with Crippen LogP contribution in [0.1, 0.15) is 19.8 Å². The van der Waals surface area contributed by atoms with Crippen LogP contribution in [0.4, 0.5) is 10.1 Å². The molecule has 1 aromatic carbocycles. The molecule has 0 spiro atoms. The first kappa shape index (κ1) is 13.6. The largest absolute Gasteiger partial charge is 0.349 e. The minimum atomic E-state index is -0.417. The highest BCUT2D eigenvalue weighted by Gasteiger charge is 2.18. The Morgan fingerprint density at radius 3 is 3.00 bits per heavy atom. The Hall–Kier alpha value is -0.870. The fraction of sp³-hybridized carbons (Fsp3) is 0.462. The van der Waals surface area contributed by atoms with E-state index in [1.165, 1.54) is 12.5 Å². The Balaban J connectivity index is 2.00. The van der Waals surface area contributed by atoms with E-state index in [2.05, 4.69) is 17.1 Å². The molecule has 1 heterocycles. The van der Waals surface area contributed by atoms with Crippen molar-refractivity contribution in [2.45, 2.75) is 19.8 Å². The number of nitrogens with zero attached hydrogens (tertiary/aromatic N) is 1. The first-order chi connectivity index (χ1) is 8.56. The molecule has 0 radical (unpaired) electrons. The van der Waals surface area contributed by atoms with E-state index in [0.29, 0.717) is 11.0 Å². The number of likely N-dealkylation sites (tertiary alicyclic amines) is 1. The van der Waals surface area contributed by atoms with E-state index in [1.54, 1.807) is 12.1 Å². The zero-order chi connectivity index (χ0) is 13.1. The highest BCUT2D eigenvalue weighted by Crippen LogP contribution is 2.21. The molecule has 1 N–H and O–H groups in total. The van der Waals surface area contributed by atoms with E-state index >= 15 is 0 Å². The molecule has 0 saturated carbocycles. The van der Waals surface area contributed by atoms with Crippen molar-refractivity contribution in [2.24, 2.45) is 5.92 Å². The van der Waals surface area contributed by atoms with Gasteiger partial charge in [0.1, 0.15) is 5.82 Å². The van der Waals surface area contributed by atoms with Crippen molar-refractivity contribution in [3.05, 3.63) is 29.0 Å². The third-order valence-electron chi connectivity index (χ3n) is 3.12. The van der Waals surface area contributed by atoms with Gasteiger partial charge in [-0.1, -0.05) is 18.5 Å². The number of piperidine rings is 1. The second-order valence-electron chi connectivity index (χ2n) is 4.75. The Morgan fingerprint density at radius 1 is 1.56 bits per heavy atom. The molecule has 1 aromatic rings. The first-order valence-corrected chi connectivity index (χ1v) is 6.86. The highest BCUT2D eigenvalue weighted by atomic mass is 35.5. The maximum absolute atomic E-state index is 13.0. The summed E-state index contributed by atoms with van der Waals surface area (Å²) in [5.74, 6) is 0.245. The Morgan fingerprint density at radius 2 is 2.33 bits per heavy atom. The van der Waals surface area contributed by atoms with Gasteiger partial charge in [-0.3, -0.25) is 0 Å². The van der Waals surface area contributed by atoms with Gasteiger partial charge in [-0.05, 0) is 49.2 Å². The van der Waals surface area contributed by atoms with Crippen molar-refractivity contribution in [1.82, 2.24) is 4.90 Å². The van der Waals surface area contributed by atoms with Gasteiger partial charge < -0.3 is 10.2 Å². The van der Waals surface area contributed by atoms with Crippen LogP contribution in [0, 0.1) is 11.7 Å². The molecule has 98 valence electrons. The van der Waals surface area contributed by atoms with Crippen molar-refractivity contribution in [2.75, 3.05) is 18.4 Å². The van der Waals surface area contributed by atoms with E-state index in [0.717, 1.165) is 25.2 Å². The van der Waals surface area contributed by atoms with Crippen LogP contribution in [0.15, 0.2) is 18.2 Å². The van der Waals surface area contributed by atoms with Gasteiger partial charge in [-0.15, -0.1) is 0 Å². The predicted molar refractivity (Wildman–Crippen MR) is 77.6 cm³/mol. The second-order valence-corrected chi connectivity index (χ2v) is 5.55. The molecule has 2 rings (SSSR count). The van der Waals surface area contributed by atoms with Crippen LogP contribution in [-0.2, 0) is 0 Å². The molecule has 0 aliphatic carbocycles. The fourth-order valence-corrected chi connectivity index (χ4v) is 2.61. The lowest BCUT2D eigenvalue weighted by molar-refractivity contribution is 0.276. The Labute approximate surface area is 117 Å². The van der Waals surface area contributed by atoms with Gasteiger partial charge in [0.2, 0.25) is 0 Å². The number of hydrogen-bond acceptors (Lipinski definition) is 1. The van der Waals surface area contributed by atoms with Crippen molar-refractivity contribution in [3.8, 4) is 0 Å². The smallest absolute Gasteiger partial charge is 0.173 e. The van der Waals surface area contributed by atoms with Gasteiger partial charge in [-0.2, -0.15) is 0 Å². The van der Waals surface area contributed by atoms with E-state index in [4.69, 9.17) is 23.8 Å². The normalized spacial score (nSPS) is 19.7. The second kappa shape index (κ2) is 5.85. The van der Waals surface area contributed by atoms with Crippen LogP contribution < -0.4 is 5.32 Å². The summed E-state index contributed by atoms with van der Waals surface area (Å²) in [6, 6.07) is 4.53. The van der Waals surface area contributed by atoms with E-state index in [9.17, 15) is 4.39 Å². The molecule has 1 aliphatic heterocycles. The SMILES string of the molecule is C[C@@H]1CCCN(C(=S)Nc2ccc(F)c(Cl)c2)C1. The molecule has 0 amide bonds. The molecular weight excluding hydrogens is 271 g/mol. The summed E-state index contributed by atoms with van der Waals surface area (Å²) in [4.78, 5) is 2.15. The van der Waals surface area contributed by atoms with Crippen LogP contribution in [0.3, 0.4) is 0 Å². The Bertz CT molecular complexity index is 453. The fourth-order valence-electron chi connectivity index (χ4n) is 2.15. The monoisotopic (exact) mass is 286 g/mol. The van der Waals surface area contributed by atoms with Gasteiger partial charge >= 0.3 is 0 Å². The molecule has 1 aliphatic rings. The summed E-state index contributed by atoms with van der Waals surface area (Å²) in [5, 5.41) is 3.90. The number of anilines is 1. The van der Waals surface area contributed by atoms with Crippen LogP contribution in [0.25, 0.3) is 0 Å². The van der Waals surface area contributed by atoms with E-state index < -0.39 is 5.82 Å². The average Bonchev–Trinajstić information content (AvgIpc) is 2.34. The third-order valence-corrected chi connectivity index (χ3v) is 3.77. The standard InChI is InChI=1S/C13H16ClFN2S/c1-9-3-2-6-17(8-9)13(18)16-10-4-5-12(15)11(14)7-10/h4-5,7,9H,2-3,6,8H2,1H3,(H,16,18)/t9-/m1/s1. The number of rotatable bonds is 1. The lowest BCUT2D eigenvalue weighted by Crippen LogP contribution is -2.41. The van der Waals surface area contributed by atoms with Crippen molar-refractivity contribution in [1.29, 1.82) is 0 Å². The van der Waals surface area contributed by atoms with E-state index in [-0.39, 0.29) is 5.02 Å². The molecule has 18 heavy (non-hydrogen) atoms. The van der Waals surface area contributed by atoms with Crippen LogP contribution in [0.2, 0.25) is 5.02 Å². The molecule has 0 unspecified atom stereocenters. The highest BCUT2D eigenvalue weighted by molar-refractivity contribution is 7.80. The van der Waals surface area contributed by atoms with Gasteiger partial charge in [0.25, 0.3) is 0 Å². The summed E-state index contributed by atoms with van der Waals surface area (Å²) < 4.78 is 13.0. The molecule has 2 nitrogen and oxygen atoms in total. The molecule has 5 heteroatoms. The van der Waals surface area contributed by atoms with Gasteiger partial charge in [0.15, 0.2) is 5.11 Å². The number of hydrogen-bond donors (Lipinski definition) is 1. The maximum atomic E-state index is 13.0. The number of halogens is 2. The lowest BCUT2D eigenvalue weighted by Gasteiger charge is -2.33. The molecule has 1 saturated heterocycles. The molecule has 0 aromatic heterocycles. The predicted octanol–water partition coefficient (Wildman–Crippen LogP) is 3.91. The summed E-state index contributed by atoms with van der Waals surface area (Å²) in [6.07, 6.45) is 2.41. The van der Waals surface area contributed by atoms with Crippen molar-refractivity contribution >= 4 is 34.6 Å². The van der Waals surface area contributed by atoms with Crippen LogP contribution in [-0.4, -0.2) is 23.1 Å². The Kier molecular flexibility index (Phi) is 4.40. The average molecular weight is 287 g/mol.